The van der Waals surface area contributed by atoms with Crippen LogP contribution in [0.1, 0.15) is 20.3 Å². The molecule has 1 aliphatic heterocycles. The Morgan fingerprint density at radius 2 is 2.00 bits per heavy atom. The minimum atomic E-state index is -0.431. The first-order chi connectivity index (χ1) is 9.47. The number of piperidine rings is 1. The molecule has 0 saturated carbocycles. The number of nitro groups is 1. The highest BCUT2D eigenvalue weighted by Gasteiger charge is 2.29. The topological polar surface area (TPSA) is 69.2 Å². The maximum absolute atomic E-state index is 10.6. The lowest BCUT2D eigenvalue weighted by molar-refractivity contribution is -0.908. The Morgan fingerprint density at radius 3 is 2.60 bits per heavy atom. The van der Waals surface area contributed by atoms with Gasteiger partial charge in [0, 0.05) is 24.5 Å². The van der Waals surface area contributed by atoms with Gasteiger partial charge in [-0.05, 0) is 19.1 Å². The van der Waals surface area contributed by atoms with Gasteiger partial charge in [0.15, 0.2) is 5.75 Å². The van der Waals surface area contributed by atoms with E-state index in [1.54, 1.807) is 12.1 Å². The fourth-order valence-electron chi connectivity index (χ4n) is 2.36. The fourth-order valence-corrected chi connectivity index (χ4v) is 2.36. The number of nitrogens with zero attached hydrogens (tertiary/aromatic N) is 2. The van der Waals surface area contributed by atoms with Gasteiger partial charge in [0.2, 0.25) is 0 Å². The zero-order valence-electron chi connectivity index (χ0n) is 12.0. The first-order valence-corrected chi connectivity index (χ1v) is 6.78. The first-order valence-electron chi connectivity index (χ1n) is 6.78. The average Bonchev–Trinajstić information content (AvgIpc) is 2.42. The van der Waals surface area contributed by atoms with Gasteiger partial charge in [0.05, 0.1) is 30.3 Å². The van der Waals surface area contributed by atoms with Crippen LogP contribution in [0.4, 0.5) is 5.69 Å². The van der Waals surface area contributed by atoms with Crippen LogP contribution in [0.5, 0.6) is 5.75 Å². The number of hydrogen-bond donors (Lipinski definition) is 1. The number of nitro benzene ring substituents is 1. The molecule has 0 amide bonds. The molecule has 0 radical (unpaired) electrons. The molecule has 1 aliphatic rings. The van der Waals surface area contributed by atoms with Gasteiger partial charge in [-0.25, -0.2) is 0 Å². The number of nitrogens with one attached hydrogen (secondary N) is 1. The molecule has 1 heterocycles. The van der Waals surface area contributed by atoms with Crippen molar-refractivity contribution in [3.05, 3.63) is 34.4 Å². The van der Waals surface area contributed by atoms with Gasteiger partial charge in [-0.2, -0.15) is 0 Å². The smallest absolute Gasteiger partial charge is 0.269 e. The molecule has 1 aromatic carbocycles. The predicted molar refractivity (Wildman–Crippen MR) is 76.2 cm³/mol. The lowest BCUT2D eigenvalue weighted by Crippen LogP contribution is -3.14. The molecule has 0 bridgehead atoms. The van der Waals surface area contributed by atoms with Crippen molar-refractivity contribution in [2.45, 2.75) is 26.3 Å². The summed E-state index contributed by atoms with van der Waals surface area (Å²) < 4.78 is 0. The summed E-state index contributed by atoms with van der Waals surface area (Å²) in [6, 6.07) is 6.50. The Kier molecular flexibility index (Phi) is 4.34. The fraction of sp³-hybridized carbons (Fsp3) is 0.500. The van der Waals surface area contributed by atoms with E-state index in [1.165, 1.54) is 17.0 Å². The number of oxime groups is 1. The van der Waals surface area contributed by atoms with E-state index in [9.17, 15) is 10.1 Å². The summed E-state index contributed by atoms with van der Waals surface area (Å²) in [5.41, 5.74) is 1.11. The minimum absolute atomic E-state index is 0.0508. The summed E-state index contributed by atoms with van der Waals surface area (Å²) in [6.07, 6.45) is 0.917. The number of quaternary nitrogens is 1. The molecule has 2 rings (SSSR count). The van der Waals surface area contributed by atoms with Crippen molar-refractivity contribution in [3.8, 4) is 5.75 Å². The largest absolute Gasteiger partial charge is 0.357 e. The van der Waals surface area contributed by atoms with E-state index in [4.69, 9.17) is 4.84 Å². The molecular weight excluding hydrogens is 258 g/mol. The Labute approximate surface area is 118 Å². The molecule has 1 saturated heterocycles. The van der Waals surface area contributed by atoms with Crippen molar-refractivity contribution in [3.63, 3.8) is 0 Å². The standard InChI is InChI=1S/C14H19N3O3/c1-10-9-16(3)11(2)8-14(10)15-20-13-6-4-12(5-7-13)17(18)19/h4-7,10-11H,8-9H2,1-3H3/p+1/b15-14-/t10-,11-/m0/s1. The second kappa shape index (κ2) is 6.00. The predicted octanol–water partition coefficient (Wildman–Crippen LogP) is 1.27. The molecule has 6 heteroatoms. The van der Waals surface area contributed by atoms with Crippen molar-refractivity contribution >= 4 is 11.4 Å². The van der Waals surface area contributed by atoms with Crippen LogP contribution >= 0.6 is 0 Å². The molecule has 1 N–H and O–H groups in total. The summed E-state index contributed by atoms with van der Waals surface area (Å²) in [7, 11) is 2.19. The summed E-state index contributed by atoms with van der Waals surface area (Å²) in [5.74, 6) is 0.915. The molecular formula is C14H20N3O3+. The van der Waals surface area contributed by atoms with Gasteiger partial charge < -0.3 is 9.74 Å². The lowest BCUT2D eigenvalue weighted by Gasteiger charge is -2.31. The zero-order chi connectivity index (χ0) is 14.7. The van der Waals surface area contributed by atoms with E-state index in [-0.39, 0.29) is 5.69 Å². The highest BCUT2D eigenvalue weighted by atomic mass is 16.6. The second-order valence-corrected chi connectivity index (χ2v) is 5.48. The molecule has 0 aliphatic carbocycles. The van der Waals surface area contributed by atoms with Crippen molar-refractivity contribution in [2.75, 3.05) is 13.6 Å². The molecule has 1 aromatic rings. The Balaban J connectivity index is 2.03. The Hall–Kier alpha value is -1.95. The van der Waals surface area contributed by atoms with Crippen LogP contribution in [0.15, 0.2) is 29.4 Å². The van der Waals surface area contributed by atoms with Crippen LogP contribution in [-0.2, 0) is 0 Å². The lowest BCUT2D eigenvalue weighted by atomic mass is 9.93. The van der Waals surface area contributed by atoms with Crippen LogP contribution in [0.25, 0.3) is 0 Å². The zero-order valence-corrected chi connectivity index (χ0v) is 12.0. The molecule has 3 atom stereocenters. The van der Waals surface area contributed by atoms with Crippen LogP contribution in [0.3, 0.4) is 0 Å². The van der Waals surface area contributed by atoms with E-state index in [0.29, 0.717) is 17.7 Å². The van der Waals surface area contributed by atoms with Gasteiger partial charge in [0.25, 0.3) is 5.69 Å². The molecule has 1 fully saturated rings. The SMILES string of the molecule is C[C@H]1C[NH+](C)[C@@H](C)C/C1=N/Oc1ccc([N+](=O)[O-])cc1. The molecule has 108 valence electrons. The van der Waals surface area contributed by atoms with Gasteiger partial charge in [-0.3, -0.25) is 10.1 Å². The van der Waals surface area contributed by atoms with Gasteiger partial charge in [-0.15, -0.1) is 0 Å². The van der Waals surface area contributed by atoms with Gasteiger partial charge >= 0.3 is 0 Å². The summed E-state index contributed by atoms with van der Waals surface area (Å²) in [5, 5.41) is 14.8. The molecule has 6 nitrogen and oxygen atoms in total. The van der Waals surface area contributed by atoms with Crippen molar-refractivity contribution in [1.29, 1.82) is 0 Å². The maximum Gasteiger partial charge on any atom is 0.269 e. The molecule has 0 spiro atoms. The number of likely N-dealkylation sites (tertiary alicyclic amines) is 1. The summed E-state index contributed by atoms with van der Waals surface area (Å²) in [6.45, 7) is 5.39. The Morgan fingerprint density at radius 1 is 1.35 bits per heavy atom. The number of rotatable bonds is 3. The molecule has 0 aromatic heterocycles. The van der Waals surface area contributed by atoms with Gasteiger partial charge in [0.1, 0.15) is 0 Å². The third-order valence-corrected chi connectivity index (χ3v) is 3.87. The van der Waals surface area contributed by atoms with Crippen molar-refractivity contribution < 1.29 is 14.7 Å². The maximum atomic E-state index is 10.6. The normalized spacial score (nSPS) is 28.4. The van der Waals surface area contributed by atoms with E-state index < -0.39 is 4.92 Å². The third-order valence-electron chi connectivity index (χ3n) is 3.87. The molecule has 1 unspecified atom stereocenters. The highest BCUT2D eigenvalue weighted by molar-refractivity contribution is 5.87. The first kappa shape index (κ1) is 14.5. The van der Waals surface area contributed by atoms with Gasteiger partial charge in [-0.1, -0.05) is 12.1 Å². The number of benzene rings is 1. The number of hydrogen-bond acceptors (Lipinski definition) is 4. The van der Waals surface area contributed by atoms with Crippen LogP contribution in [0, 0.1) is 16.0 Å². The second-order valence-electron chi connectivity index (χ2n) is 5.48. The van der Waals surface area contributed by atoms with E-state index >= 15 is 0 Å². The molecule has 20 heavy (non-hydrogen) atoms. The van der Waals surface area contributed by atoms with E-state index in [2.05, 4.69) is 26.1 Å². The van der Waals surface area contributed by atoms with Crippen molar-refractivity contribution in [2.24, 2.45) is 11.1 Å². The summed E-state index contributed by atoms with van der Waals surface area (Å²) >= 11 is 0. The third kappa shape index (κ3) is 3.33. The van der Waals surface area contributed by atoms with Crippen molar-refractivity contribution in [1.82, 2.24) is 0 Å². The van der Waals surface area contributed by atoms with Crippen LogP contribution < -0.4 is 9.74 Å². The van der Waals surface area contributed by atoms with Crippen LogP contribution in [0.2, 0.25) is 0 Å². The quantitative estimate of drug-likeness (QED) is 0.668. The Bertz CT molecular complexity index is 513. The number of non-ortho nitro benzene ring substituents is 1. The highest BCUT2D eigenvalue weighted by Crippen LogP contribution is 2.18. The van der Waals surface area contributed by atoms with E-state index in [0.717, 1.165) is 18.7 Å². The minimum Gasteiger partial charge on any atom is -0.357 e. The van der Waals surface area contributed by atoms with E-state index in [1.807, 2.05) is 0 Å². The van der Waals surface area contributed by atoms with Crippen LogP contribution in [-0.4, -0.2) is 30.3 Å². The average molecular weight is 278 g/mol. The summed E-state index contributed by atoms with van der Waals surface area (Å²) in [4.78, 5) is 17.0. The monoisotopic (exact) mass is 278 g/mol.